The number of hydrogen-bond acceptors (Lipinski definition) is 4. The summed E-state index contributed by atoms with van der Waals surface area (Å²) in [5.41, 5.74) is 8.50. The number of methoxy groups -OCH3 is 1. The minimum absolute atomic E-state index is 0.0829. The Morgan fingerprint density at radius 2 is 1.87 bits per heavy atom. The second kappa shape index (κ2) is 8.19. The zero-order chi connectivity index (χ0) is 16.7. The molecule has 0 saturated carbocycles. The van der Waals surface area contributed by atoms with Crippen LogP contribution in [0.2, 0.25) is 0 Å². The molecule has 122 valence electrons. The fraction of sp³-hybridized carbons (Fsp3) is 0.278. The molecule has 0 atom stereocenters. The summed E-state index contributed by atoms with van der Waals surface area (Å²) in [6.07, 6.45) is 0.768. The van der Waals surface area contributed by atoms with Gasteiger partial charge in [0.2, 0.25) is 0 Å². The lowest BCUT2D eigenvalue weighted by atomic mass is 10.1. The maximum atomic E-state index is 11.9. The third kappa shape index (κ3) is 5.00. The van der Waals surface area contributed by atoms with Crippen LogP contribution in [-0.4, -0.2) is 26.2 Å². The number of aryl methyl sites for hydroxylation is 1. The topological polar surface area (TPSA) is 73.6 Å². The smallest absolute Gasteiger partial charge is 0.262 e. The minimum Gasteiger partial charge on any atom is -0.493 e. The van der Waals surface area contributed by atoms with E-state index in [0.717, 1.165) is 23.2 Å². The number of amides is 1. The quantitative estimate of drug-likeness (QED) is 0.823. The molecule has 2 aromatic carbocycles. The lowest BCUT2D eigenvalue weighted by molar-refractivity contribution is -0.118. The first-order valence-corrected chi connectivity index (χ1v) is 7.48. The van der Waals surface area contributed by atoms with Gasteiger partial charge in [-0.2, -0.15) is 0 Å². The molecule has 0 aliphatic carbocycles. The van der Waals surface area contributed by atoms with Crippen LogP contribution in [0.3, 0.4) is 0 Å². The van der Waals surface area contributed by atoms with Crippen molar-refractivity contribution in [1.82, 2.24) is 0 Å². The largest absolute Gasteiger partial charge is 0.493 e. The van der Waals surface area contributed by atoms with Crippen molar-refractivity contribution in [3.05, 3.63) is 53.6 Å². The molecule has 5 heteroatoms. The van der Waals surface area contributed by atoms with Crippen molar-refractivity contribution < 1.29 is 14.3 Å². The summed E-state index contributed by atoms with van der Waals surface area (Å²) in [6.45, 7) is 2.48. The predicted molar refractivity (Wildman–Crippen MR) is 91.1 cm³/mol. The van der Waals surface area contributed by atoms with Gasteiger partial charge in [0.15, 0.2) is 18.1 Å². The van der Waals surface area contributed by atoms with Crippen LogP contribution in [0.5, 0.6) is 11.5 Å². The Morgan fingerprint density at radius 3 is 2.52 bits per heavy atom. The van der Waals surface area contributed by atoms with Crippen LogP contribution in [0.15, 0.2) is 42.5 Å². The molecular formula is C18H22N2O3. The first-order chi connectivity index (χ1) is 11.1. The van der Waals surface area contributed by atoms with Crippen molar-refractivity contribution in [3.8, 4) is 11.5 Å². The Bertz CT molecular complexity index is 654. The minimum atomic E-state index is -0.220. The molecule has 0 spiro atoms. The van der Waals surface area contributed by atoms with Gasteiger partial charge in [-0.3, -0.25) is 4.79 Å². The van der Waals surface area contributed by atoms with E-state index in [9.17, 15) is 4.79 Å². The van der Waals surface area contributed by atoms with Crippen LogP contribution in [0.1, 0.15) is 11.1 Å². The van der Waals surface area contributed by atoms with Gasteiger partial charge in [-0.05, 0) is 49.7 Å². The molecule has 2 aromatic rings. The zero-order valence-electron chi connectivity index (χ0n) is 13.5. The van der Waals surface area contributed by atoms with E-state index in [-0.39, 0.29) is 12.5 Å². The molecule has 0 radical (unpaired) electrons. The molecule has 0 aromatic heterocycles. The van der Waals surface area contributed by atoms with Crippen LogP contribution in [0.4, 0.5) is 5.69 Å². The van der Waals surface area contributed by atoms with Gasteiger partial charge in [0, 0.05) is 5.69 Å². The fourth-order valence-corrected chi connectivity index (χ4v) is 2.13. The van der Waals surface area contributed by atoms with Crippen LogP contribution in [-0.2, 0) is 11.2 Å². The van der Waals surface area contributed by atoms with Crippen molar-refractivity contribution >= 4 is 11.6 Å². The van der Waals surface area contributed by atoms with Gasteiger partial charge in [0.05, 0.1) is 7.11 Å². The normalized spacial score (nSPS) is 10.2. The molecule has 0 heterocycles. The van der Waals surface area contributed by atoms with E-state index < -0.39 is 0 Å². The summed E-state index contributed by atoms with van der Waals surface area (Å²) in [4.78, 5) is 11.9. The number of benzene rings is 2. The molecule has 2 rings (SSSR count). The number of carbonyl (C=O) groups is 1. The second-order valence-electron chi connectivity index (χ2n) is 5.23. The molecule has 1 amide bonds. The lowest BCUT2D eigenvalue weighted by Crippen LogP contribution is -2.20. The van der Waals surface area contributed by atoms with Gasteiger partial charge in [-0.25, -0.2) is 0 Å². The first kappa shape index (κ1) is 16.8. The fourth-order valence-electron chi connectivity index (χ4n) is 2.13. The highest BCUT2D eigenvalue weighted by Crippen LogP contribution is 2.28. The van der Waals surface area contributed by atoms with Crippen molar-refractivity contribution in [1.29, 1.82) is 0 Å². The Hall–Kier alpha value is -2.53. The Balaban J connectivity index is 1.94. The average Bonchev–Trinajstić information content (AvgIpc) is 2.56. The highest BCUT2D eigenvalue weighted by molar-refractivity contribution is 5.91. The third-order valence-corrected chi connectivity index (χ3v) is 3.36. The maximum absolute atomic E-state index is 11.9. The van der Waals surface area contributed by atoms with Crippen LogP contribution < -0.4 is 20.5 Å². The number of hydrogen-bond donors (Lipinski definition) is 2. The van der Waals surface area contributed by atoms with E-state index in [2.05, 4.69) is 5.32 Å². The number of nitrogens with two attached hydrogens (primary N) is 1. The van der Waals surface area contributed by atoms with Crippen LogP contribution >= 0.6 is 0 Å². The Morgan fingerprint density at radius 1 is 1.13 bits per heavy atom. The van der Waals surface area contributed by atoms with Gasteiger partial charge < -0.3 is 20.5 Å². The molecule has 0 saturated heterocycles. The summed E-state index contributed by atoms with van der Waals surface area (Å²) in [6, 6.07) is 13.2. The van der Waals surface area contributed by atoms with Crippen molar-refractivity contribution in [2.75, 3.05) is 25.6 Å². The van der Waals surface area contributed by atoms with Gasteiger partial charge in [0.1, 0.15) is 0 Å². The van der Waals surface area contributed by atoms with E-state index in [1.807, 2.05) is 43.3 Å². The van der Waals surface area contributed by atoms with Gasteiger partial charge in [-0.1, -0.05) is 23.8 Å². The Kier molecular flexibility index (Phi) is 6.00. The molecule has 23 heavy (non-hydrogen) atoms. The molecule has 0 aliphatic heterocycles. The van der Waals surface area contributed by atoms with Crippen LogP contribution in [0, 0.1) is 6.92 Å². The van der Waals surface area contributed by atoms with Crippen molar-refractivity contribution in [2.45, 2.75) is 13.3 Å². The highest BCUT2D eigenvalue weighted by atomic mass is 16.5. The average molecular weight is 314 g/mol. The van der Waals surface area contributed by atoms with Gasteiger partial charge in [0.25, 0.3) is 5.91 Å². The summed E-state index contributed by atoms with van der Waals surface area (Å²) in [7, 11) is 1.57. The first-order valence-electron chi connectivity index (χ1n) is 7.48. The SMILES string of the molecule is COc1cc(CCN)ccc1OCC(=O)Nc1ccc(C)cc1. The maximum Gasteiger partial charge on any atom is 0.262 e. The molecule has 5 nitrogen and oxygen atoms in total. The van der Waals surface area contributed by atoms with Crippen molar-refractivity contribution in [3.63, 3.8) is 0 Å². The molecule has 0 fully saturated rings. The van der Waals surface area contributed by atoms with Crippen LogP contribution in [0.25, 0.3) is 0 Å². The highest BCUT2D eigenvalue weighted by Gasteiger charge is 2.09. The van der Waals surface area contributed by atoms with Gasteiger partial charge in [-0.15, -0.1) is 0 Å². The molecule has 0 bridgehead atoms. The van der Waals surface area contributed by atoms with Gasteiger partial charge >= 0.3 is 0 Å². The summed E-state index contributed by atoms with van der Waals surface area (Å²) in [5, 5.41) is 2.79. The third-order valence-electron chi connectivity index (χ3n) is 3.36. The van der Waals surface area contributed by atoms with E-state index in [1.54, 1.807) is 13.2 Å². The van der Waals surface area contributed by atoms with E-state index in [1.165, 1.54) is 0 Å². The summed E-state index contributed by atoms with van der Waals surface area (Å²) >= 11 is 0. The molecule has 0 aliphatic rings. The molecule has 0 unspecified atom stereocenters. The van der Waals surface area contributed by atoms with Crippen molar-refractivity contribution in [2.24, 2.45) is 5.73 Å². The number of rotatable bonds is 7. The lowest BCUT2D eigenvalue weighted by Gasteiger charge is -2.12. The molecular weight excluding hydrogens is 292 g/mol. The van der Waals surface area contributed by atoms with E-state index in [0.29, 0.717) is 18.0 Å². The number of nitrogens with one attached hydrogen (secondary N) is 1. The standard InChI is InChI=1S/C18H22N2O3/c1-13-3-6-15(7-4-13)20-18(21)12-23-16-8-5-14(9-10-19)11-17(16)22-2/h3-8,11H,9-10,12,19H2,1-2H3,(H,20,21). The number of carbonyl (C=O) groups excluding carboxylic acids is 1. The number of ether oxygens (including phenoxy) is 2. The van der Waals surface area contributed by atoms with E-state index in [4.69, 9.17) is 15.2 Å². The zero-order valence-corrected chi connectivity index (χ0v) is 13.5. The number of anilines is 1. The monoisotopic (exact) mass is 314 g/mol. The summed E-state index contributed by atoms with van der Waals surface area (Å²) < 4.78 is 10.8. The summed E-state index contributed by atoms with van der Waals surface area (Å²) in [5.74, 6) is 0.911. The second-order valence-corrected chi connectivity index (χ2v) is 5.23. The predicted octanol–water partition coefficient (Wildman–Crippen LogP) is 2.52. The molecule has 3 N–H and O–H groups in total. The van der Waals surface area contributed by atoms with E-state index >= 15 is 0 Å². The Labute approximate surface area is 136 Å².